The number of nitrogens with two attached hydrogens (primary N) is 1. The summed E-state index contributed by atoms with van der Waals surface area (Å²) in [5.74, 6) is 0.620. The summed E-state index contributed by atoms with van der Waals surface area (Å²) in [5.41, 5.74) is 7.04. The summed E-state index contributed by atoms with van der Waals surface area (Å²) in [5, 5.41) is 2.61. The Kier molecular flexibility index (Phi) is 2.99. The molecule has 2 aromatic carbocycles. The van der Waals surface area contributed by atoms with Crippen LogP contribution in [-0.4, -0.2) is 11.9 Å². The summed E-state index contributed by atoms with van der Waals surface area (Å²) in [6.07, 6.45) is 0. The van der Waals surface area contributed by atoms with Gasteiger partial charge in [-0.05, 0) is 26.0 Å². The first-order chi connectivity index (χ1) is 9.15. The van der Waals surface area contributed by atoms with Crippen LogP contribution in [0.25, 0.3) is 20.2 Å². The fourth-order valence-electron chi connectivity index (χ4n) is 2.24. The van der Waals surface area contributed by atoms with Crippen LogP contribution in [0.3, 0.4) is 0 Å². The second-order valence-electron chi connectivity index (χ2n) is 4.92. The lowest BCUT2D eigenvalue weighted by Gasteiger charge is -2.03. The molecule has 1 heterocycles. The van der Waals surface area contributed by atoms with Crippen molar-refractivity contribution in [3.63, 3.8) is 0 Å². The van der Waals surface area contributed by atoms with Crippen LogP contribution in [0.1, 0.15) is 19.4 Å². The van der Waals surface area contributed by atoms with Gasteiger partial charge >= 0.3 is 0 Å². The molecule has 0 unspecified atom stereocenters. The van der Waals surface area contributed by atoms with Crippen LogP contribution in [0.4, 0.5) is 0 Å². The Balaban J connectivity index is 2.19. The maximum absolute atomic E-state index is 6.04. The van der Waals surface area contributed by atoms with Crippen molar-refractivity contribution >= 4 is 37.3 Å². The molecule has 0 spiro atoms. The Morgan fingerprint density at radius 1 is 1.05 bits per heavy atom. The van der Waals surface area contributed by atoms with E-state index in [1.165, 1.54) is 20.2 Å². The summed E-state index contributed by atoms with van der Waals surface area (Å²) in [7, 11) is 0. The number of aliphatic imine (C=N–C) groups is 1. The van der Waals surface area contributed by atoms with Gasteiger partial charge < -0.3 is 5.73 Å². The minimum absolute atomic E-state index is 0.220. The number of nitrogens with zero attached hydrogens (tertiary/aromatic N) is 1. The van der Waals surface area contributed by atoms with Crippen molar-refractivity contribution in [3.05, 3.63) is 48.0 Å². The highest BCUT2D eigenvalue weighted by atomic mass is 32.1. The third-order valence-corrected chi connectivity index (χ3v) is 4.21. The molecule has 1 aromatic heterocycles. The standard InChI is InChI=1S/C16H16N2S/c1-10(2)18-16(17)11-7-8-13-12-5-3-4-6-14(12)19-15(13)9-11/h3-10H,1-2H3,(H2,17,18). The van der Waals surface area contributed by atoms with Gasteiger partial charge in [0.1, 0.15) is 5.84 Å². The predicted molar refractivity (Wildman–Crippen MR) is 85.2 cm³/mol. The van der Waals surface area contributed by atoms with Crippen LogP contribution in [0.15, 0.2) is 47.5 Å². The van der Waals surface area contributed by atoms with Gasteiger partial charge in [0.25, 0.3) is 0 Å². The van der Waals surface area contributed by atoms with E-state index < -0.39 is 0 Å². The van der Waals surface area contributed by atoms with Crippen LogP contribution < -0.4 is 5.73 Å². The van der Waals surface area contributed by atoms with Crippen LogP contribution >= 0.6 is 11.3 Å². The zero-order valence-corrected chi connectivity index (χ0v) is 11.9. The quantitative estimate of drug-likeness (QED) is 0.550. The van der Waals surface area contributed by atoms with Gasteiger partial charge in [0.05, 0.1) is 0 Å². The second kappa shape index (κ2) is 4.67. The maximum Gasteiger partial charge on any atom is 0.125 e. The van der Waals surface area contributed by atoms with Gasteiger partial charge in [0.15, 0.2) is 0 Å². The van der Waals surface area contributed by atoms with Crippen molar-refractivity contribution < 1.29 is 0 Å². The number of fused-ring (bicyclic) bond motifs is 3. The Labute approximate surface area is 116 Å². The van der Waals surface area contributed by atoms with Gasteiger partial charge in [-0.1, -0.05) is 30.3 Å². The van der Waals surface area contributed by atoms with E-state index in [1.54, 1.807) is 11.3 Å². The molecule has 0 aliphatic heterocycles. The Morgan fingerprint density at radius 2 is 1.79 bits per heavy atom. The monoisotopic (exact) mass is 268 g/mol. The van der Waals surface area contributed by atoms with Crippen molar-refractivity contribution in [2.45, 2.75) is 19.9 Å². The summed E-state index contributed by atoms with van der Waals surface area (Å²) < 4.78 is 2.58. The third-order valence-electron chi connectivity index (χ3n) is 3.07. The molecule has 3 heteroatoms. The molecule has 0 saturated carbocycles. The number of amidine groups is 1. The van der Waals surface area contributed by atoms with Crippen molar-refractivity contribution in [2.75, 3.05) is 0 Å². The fraction of sp³-hybridized carbons (Fsp3) is 0.188. The molecule has 19 heavy (non-hydrogen) atoms. The highest BCUT2D eigenvalue weighted by Gasteiger charge is 2.07. The minimum Gasteiger partial charge on any atom is -0.383 e. The predicted octanol–water partition coefficient (Wildman–Crippen LogP) is 4.17. The summed E-state index contributed by atoms with van der Waals surface area (Å²) in [4.78, 5) is 4.41. The topological polar surface area (TPSA) is 38.4 Å². The summed E-state index contributed by atoms with van der Waals surface area (Å²) in [6, 6.07) is 15.0. The summed E-state index contributed by atoms with van der Waals surface area (Å²) in [6.45, 7) is 4.07. The maximum atomic E-state index is 6.04. The van der Waals surface area contributed by atoms with Gasteiger partial charge in [-0.3, -0.25) is 4.99 Å². The van der Waals surface area contributed by atoms with Crippen LogP contribution in [0.2, 0.25) is 0 Å². The average Bonchev–Trinajstić information content (AvgIpc) is 2.75. The van der Waals surface area contributed by atoms with E-state index in [0.29, 0.717) is 5.84 Å². The molecule has 0 fully saturated rings. The van der Waals surface area contributed by atoms with E-state index >= 15 is 0 Å². The van der Waals surface area contributed by atoms with Gasteiger partial charge in [-0.15, -0.1) is 11.3 Å². The van der Waals surface area contributed by atoms with E-state index in [1.807, 2.05) is 13.8 Å². The summed E-state index contributed by atoms with van der Waals surface area (Å²) >= 11 is 1.80. The average molecular weight is 268 g/mol. The SMILES string of the molecule is CC(C)N=C(N)c1ccc2c(c1)sc1ccccc12. The van der Waals surface area contributed by atoms with E-state index in [9.17, 15) is 0 Å². The van der Waals surface area contributed by atoms with Crippen molar-refractivity contribution in [1.82, 2.24) is 0 Å². The zero-order valence-electron chi connectivity index (χ0n) is 11.1. The third kappa shape index (κ3) is 2.22. The number of hydrogen-bond acceptors (Lipinski definition) is 2. The first kappa shape index (κ1) is 12.2. The fourth-order valence-corrected chi connectivity index (χ4v) is 3.38. The molecule has 0 amide bonds. The number of thiophene rings is 1. The highest BCUT2D eigenvalue weighted by Crippen LogP contribution is 2.33. The van der Waals surface area contributed by atoms with Crippen LogP contribution in [0.5, 0.6) is 0 Å². The Hall–Kier alpha value is -1.87. The molecule has 0 bridgehead atoms. The Morgan fingerprint density at radius 3 is 2.58 bits per heavy atom. The van der Waals surface area contributed by atoms with E-state index in [4.69, 9.17) is 5.73 Å². The van der Waals surface area contributed by atoms with Gasteiger partial charge in [-0.2, -0.15) is 0 Å². The van der Waals surface area contributed by atoms with Crippen LogP contribution in [-0.2, 0) is 0 Å². The van der Waals surface area contributed by atoms with Gasteiger partial charge in [0.2, 0.25) is 0 Å². The van der Waals surface area contributed by atoms with Crippen molar-refractivity contribution in [1.29, 1.82) is 0 Å². The molecule has 2 nitrogen and oxygen atoms in total. The first-order valence-corrected chi connectivity index (χ1v) is 7.22. The molecule has 2 N–H and O–H groups in total. The van der Waals surface area contributed by atoms with Crippen molar-refractivity contribution in [3.8, 4) is 0 Å². The molecule has 0 saturated heterocycles. The molecule has 3 rings (SSSR count). The van der Waals surface area contributed by atoms with Gasteiger partial charge in [-0.25, -0.2) is 0 Å². The highest BCUT2D eigenvalue weighted by molar-refractivity contribution is 7.25. The second-order valence-corrected chi connectivity index (χ2v) is 6.00. The Bertz CT molecular complexity index is 769. The molecule has 0 radical (unpaired) electrons. The largest absolute Gasteiger partial charge is 0.383 e. The zero-order chi connectivity index (χ0) is 13.4. The minimum atomic E-state index is 0.220. The molecule has 0 aliphatic carbocycles. The molecular weight excluding hydrogens is 252 g/mol. The van der Waals surface area contributed by atoms with Crippen LogP contribution in [0, 0.1) is 0 Å². The molecule has 3 aromatic rings. The molecule has 0 atom stereocenters. The number of benzene rings is 2. The lowest BCUT2D eigenvalue weighted by atomic mass is 10.1. The number of hydrogen-bond donors (Lipinski definition) is 1. The van der Waals surface area contributed by atoms with Crippen molar-refractivity contribution in [2.24, 2.45) is 10.7 Å². The molecular formula is C16H16N2S. The molecule has 96 valence electrons. The lowest BCUT2D eigenvalue weighted by Crippen LogP contribution is -2.15. The van der Waals surface area contributed by atoms with Gasteiger partial charge in [0, 0.05) is 31.8 Å². The normalized spacial score (nSPS) is 12.7. The van der Waals surface area contributed by atoms with E-state index in [0.717, 1.165) is 5.56 Å². The molecule has 0 aliphatic rings. The number of rotatable bonds is 2. The van der Waals surface area contributed by atoms with E-state index in [2.05, 4.69) is 47.5 Å². The smallest absolute Gasteiger partial charge is 0.125 e. The van der Waals surface area contributed by atoms with E-state index in [-0.39, 0.29) is 6.04 Å². The first-order valence-electron chi connectivity index (χ1n) is 6.40. The lowest BCUT2D eigenvalue weighted by molar-refractivity contribution is 0.834.